The molecule has 0 aliphatic carbocycles. The molecule has 0 N–H and O–H groups in total. The lowest BCUT2D eigenvalue weighted by Gasteiger charge is -2.11. The maximum absolute atomic E-state index is 3.58. The van der Waals surface area contributed by atoms with Crippen molar-refractivity contribution in [1.29, 1.82) is 0 Å². The van der Waals surface area contributed by atoms with Gasteiger partial charge in [0.25, 0.3) is 0 Å². The predicted molar refractivity (Wildman–Crippen MR) is 208 cm³/mol. The van der Waals surface area contributed by atoms with E-state index in [2.05, 4.69) is 164 Å². The minimum Gasteiger partial charge on any atom is -0.127 e. The minimum absolute atomic E-state index is 0.916. The van der Waals surface area contributed by atoms with Gasteiger partial charge in [0.2, 0.25) is 0 Å². The zero-order valence-corrected chi connectivity index (χ0v) is 32.7. The summed E-state index contributed by atoms with van der Waals surface area (Å²) in [5, 5.41) is 0. The van der Waals surface area contributed by atoms with Crippen LogP contribution < -0.4 is 0 Å². The number of benzene rings is 3. The van der Waals surface area contributed by atoms with E-state index in [9.17, 15) is 0 Å². The highest BCUT2D eigenvalue weighted by Gasteiger charge is 2.12. The number of hydrogen-bond donors (Lipinski definition) is 0. The molecule has 3 rings (SSSR count). The lowest BCUT2D eigenvalue weighted by atomic mass is 9.93. The molecular weight excluding hydrogens is 585 g/mol. The molecule has 0 atom stereocenters. The molecule has 0 fully saturated rings. The Kier molecular flexibility index (Phi) is 13.0. The van der Waals surface area contributed by atoms with Gasteiger partial charge < -0.3 is 0 Å². The summed E-state index contributed by atoms with van der Waals surface area (Å²) in [6.45, 7) is 27.1. The molecule has 0 nitrogen and oxygen atoms in total. The van der Waals surface area contributed by atoms with Crippen LogP contribution in [0.1, 0.15) is 108 Å². The van der Waals surface area contributed by atoms with Crippen molar-refractivity contribution in [2.24, 2.45) is 0 Å². The molecule has 0 spiro atoms. The maximum atomic E-state index is 3.58. The van der Waals surface area contributed by atoms with E-state index in [0.717, 1.165) is 60.8 Å². The first-order chi connectivity index (χ1) is 21.7. The standard InChI is InChI=1S/C44H54Si2/c1-13-33-27-40(20-22-42-30-38(18-6)44(32-36(42)16-4)24-26-46(10,11)12)34(14-2)28-39(33)19-21-41-29-37(17-5)43(31-35(41)15-3)23-25-45(7,8)9/h27-32H,13-18H2,1-12H3. The Morgan fingerprint density at radius 2 is 0.500 bits per heavy atom. The van der Waals surface area contributed by atoms with Gasteiger partial charge in [-0.3, -0.25) is 0 Å². The Morgan fingerprint density at radius 3 is 0.652 bits per heavy atom. The molecular formula is C44H54Si2. The highest BCUT2D eigenvalue weighted by Crippen LogP contribution is 2.22. The van der Waals surface area contributed by atoms with Crippen LogP contribution in [0, 0.1) is 46.6 Å². The lowest BCUT2D eigenvalue weighted by Crippen LogP contribution is -2.16. The molecule has 2 heteroatoms. The van der Waals surface area contributed by atoms with E-state index in [0.29, 0.717) is 0 Å². The Bertz CT molecular complexity index is 1690. The first-order valence-electron chi connectivity index (χ1n) is 17.3. The molecule has 0 radical (unpaired) electrons. The first-order valence-corrected chi connectivity index (χ1v) is 24.3. The average molecular weight is 639 g/mol. The summed E-state index contributed by atoms with van der Waals surface area (Å²) in [6.07, 6.45) is 5.62. The summed E-state index contributed by atoms with van der Waals surface area (Å²) in [6, 6.07) is 13.7. The number of aryl methyl sites for hydroxylation is 6. The zero-order valence-electron chi connectivity index (χ0n) is 30.7. The van der Waals surface area contributed by atoms with Gasteiger partial charge in [-0.2, -0.15) is 0 Å². The highest BCUT2D eigenvalue weighted by molar-refractivity contribution is 6.84. The molecule has 0 saturated heterocycles. The van der Waals surface area contributed by atoms with Crippen molar-refractivity contribution in [1.82, 2.24) is 0 Å². The summed E-state index contributed by atoms with van der Waals surface area (Å²) < 4.78 is 0. The van der Waals surface area contributed by atoms with Crippen LogP contribution in [0.5, 0.6) is 0 Å². The molecule has 3 aromatic carbocycles. The summed E-state index contributed by atoms with van der Waals surface area (Å²) in [5.74, 6) is 21.4. The second kappa shape index (κ2) is 16.2. The van der Waals surface area contributed by atoms with Crippen LogP contribution in [0.15, 0.2) is 36.4 Å². The zero-order chi connectivity index (χ0) is 34.1. The Labute approximate surface area is 284 Å². The van der Waals surface area contributed by atoms with E-state index in [1.54, 1.807) is 0 Å². The molecule has 0 unspecified atom stereocenters. The van der Waals surface area contributed by atoms with E-state index in [1.807, 2.05) is 0 Å². The van der Waals surface area contributed by atoms with Gasteiger partial charge in [-0.1, -0.05) is 116 Å². The average Bonchev–Trinajstić information content (AvgIpc) is 3.02. The van der Waals surface area contributed by atoms with Crippen LogP contribution in [-0.2, 0) is 38.5 Å². The quantitative estimate of drug-likeness (QED) is 0.186. The Hall–Kier alpha value is -3.67. The van der Waals surface area contributed by atoms with Gasteiger partial charge in [0, 0.05) is 33.4 Å². The number of rotatable bonds is 6. The molecule has 0 aromatic heterocycles. The monoisotopic (exact) mass is 638 g/mol. The van der Waals surface area contributed by atoms with Gasteiger partial charge in [-0.05, 0) is 108 Å². The summed E-state index contributed by atoms with van der Waals surface area (Å²) in [5.41, 5.74) is 21.6. The predicted octanol–water partition coefficient (Wildman–Crippen LogP) is 10.3. The molecule has 0 heterocycles. The fourth-order valence-electron chi connectivity index (χ4n) is 5.30. The van der Waals surface area contributed by atoms with Crippen LogP contribution in [0.4, 0.5) is 0 Å². The minimum atomic E-state index is -1.45. The van der Waals surface area contributed by atoms with Crippen molar-refractivity contribution >= 4 is 16.1 Å². The highest BCUT2D eigenvalue weighted by atomic mass is 28.3. The van der Waals surface area contributed by atoms with Crippen LogP contribution in [0.3, 0.4) is 0 Å². The molecule has 0 aliphatic heterocycles. The summed E-state index contributed by atoms with van der Waals surface area (Å²) in [4.78, 5) is 0. The van der Waals surface area contributed by atoms with Gasteiger partial charge in [0.05, 0.1) is 0 Å². The van der Waals surface area contributed by atoms with Crippen LogP contribution >= 0.6 is 0 Å². The molecule has 0 aliphatic rings. The van der Waals surface area contributed by atoms with Crippen molar-refractivity contribution < 1.29 is 0 Å². The van der Waals surface area contributed by atoms with Crippen molar-refractivity contribution in [3.8, 4) is 46.6 Å². The first kappa shape index (κ1) is 36.8. The Morgan fingerprint density at radius 1 is 0.326 bits per heavy atom. The van der Waals surface area contributed by atoms with E-state index in [1.165, 1.54) is 44.5 Å². The lowest BCUT2D eigenvalue weighted by molar-refractivity contribution is 1.08. The molecule has 0 bridgehead atoms. The fraction of sp³-hybridized carbons (Fsp3) is 0.409. The molecule has 0 amide bonds. The SMILES string of the molecule is CCc1cc(C#Cc2cc(CC)c(C#C[Si](C)(C)C)cc2CC)c(CC)cc1C#Cc1cc(CC)c(C#C[Si](C)(C)C)cc1CC. The van der Waals surface area contributed by atoms with Crippen LogP contribution in [0.25, 0.3) is 0 Å². The third-order valence-corrected chi connectivity index (χ3v) is 9.83. The molecule has 3 aromatic rings. The van der Waals surface area contributed by atoms with Crippen molar-refractivity contribution in [3.63, 3.8) is 0 Å². The van der Waals surface area contributed by atoms with Crippen molar-refractivity contribution in [2.75, 3.05) is 0 Å². The Balaban J connectivity index is 2.08. The van der Waals surface area contributed by atoms with Crippen molar-refractivity contribution in [2.45, 2.75) is 119 Å². The second-order valence-corrected chi connectivity index (χ2v) is 23.6. The van der Waals surface area contributed by atoms with Gasteiger partial charge in [0.15, 0.2) is 0 Å². The van der Waals surface area contributed by atoms with Gasteiger partial charge in [-0.15, -0.1) is 11.1 Å². The number of hydrogen-bond acceptors (Lipinski definition) is 0. The smallest absolute Gasteiger partial charge is 0.127 e. The largest absolute Gasteiger partial charge is 0.129 e. The normalized spacial score (nSPS) is 10.9. The van der Waals surface area contributed by atoms with E-state index in [4.69, 9.17) is 0 Å². The third kappa shape index (κ3) is 10.2. The van der Waals surface area contributed by atoms with E-state index < -0.39 is 16.1 Å². The third-order valence-electron chi connectivity index (χ3n) is 8.08. The molecule has 238 valence electrons. The van der Waals surface area contributed by atoms with E-state index >= 15 is 0 Å². The summed E-state index contributed by atoms with van der Waals surface area (Å²) >= 11 is 0. The topological polar surface area (TPSA) is 0 Å². The van der Waals surface area contributed by atoms with Crippen LogP contribution in [-0.4, -0.2) is 16.1 Å². The van der Waals surface area contributed by atoms with Crippen LogP contribution in [0.2, 0.25) is 39.3 Å². The maximum Gasteiger partial charge on any atom is 0.129 e. The van der Waals surface area contributed by atoms with Gasteiger partial charge in [0.1, 0.15) is 16.1 Å². The molecule has 46 heavy (non-hydrogen) atoms. The second-order valence-electron chi connectivity index (χ2n) is 14.1. The van der Waals surface area contributed by atoms with Gasteiger partial charge in [-0.25, -0.2) is 0 Å². The van der Waals surface area contributed by atoms with E-state index in [-0.39, 0.29) is 0 Å². The van der Waals surface area contributed by atoms with Gasteiger partial charge >= 0.3 is 0 Å². The van der Waals surface area contributed by atoms with Crippen molar-refractivity contribution in [3.05, 3.63) is 103 Å². The molecule has 0 saturated carbocycles. The summed E-state index contributed by atoms with van der Waals surface area (Å²) in [7, 11) is -2.90. The fourth-order valence-corrected chi connectivity index (χ4v) is 6.32.